The number of likely N-dealkylation sites (N-methyl/N-ethyl adjacent to an activating group) is 1. The summed E-state index contributed by atoms with van der Waals surface area (Å²) < 4.78 is 0. The standard InChI is InChI=1S/C11H25N5O/c1-14(2)5-6-16-9-7-15(8-10-16)4-3-11(17)13-12/h3-10,12H2,1-2H3,(H,13,17). The van der Waals surface area contributed by atoms with Crippen LogP contribution >= 0.6 is 0 Å². The zero-order valence-corrected chi connectivity index (χ0v) is 11.0. The summed E-state index contributed by atoms with van der Waals surface area (Å²) in [5, 5.41) is 0. The molecule has 0 saturated carbocycles. The zero-order valence-electron chi connectivity index (χ0n) is 11.0. The lowest BCUT2D eigenvalue weighted by Crippen LogP contribution is -2.48. The first-order chi connectivity index (χ1) is 8.11. The summed E-state index contributed by atoms with van der Waals surface area (Å²) in [6.45, 7) is 7.33. The van der Waals surface area contributed by atoms with Crippen molar-refractivity contribution in [1.82, 2.24) is 20.1 Å². The van der Waals surface area contributed by atoms with E-state index < -0.39 is 0 Å². The summed E-state index contributed by atoms with van der Waals surface area (Å²) >= 11 is 0. The second-order valence-corrected chi connectivity index (χ2v) is 4.80. The molecule has 0 aromatic carbocycles. The summed E-state index contributed by atoms with van der Waals surface area (Å²) in [6.07, 6.45) is 0.494. The second-order valence-electron chi connectivity index (χ2n) is 4.80. The van der Waals surface area contributed by atoms with Crippen LogP contribution in [0.15, 0.2) is 0 Å². The normalized spacial score (nSPS) is 18.6. The average molecular weight is 243 g/mol. The van der Waals surface area contributed by atoms with Gasteiger partial charge in [-0.15, -0.1) is 0 Å². The van der Waals surface area contributed by atoms with Gasteiger partial charge in [0, 0.05) is 52.2 Å². The summed E-state index contributed by atoms with van der Waals surface area (Å²) in [5.74, 6) is 4.96. The van der Waals surface area contributed by atoms with Crippen LogP contribution in [-0.2, 0) is 4.79 Å². The Balaban J connectivity index is 2.11. The molecule has 0 atom stereocenters. The van der Waals surface area contributed by atoms with Gasteiger partial charge in [-0.2, -0.15) is 0 Å². The third-order valence-electron chi connectivity index (χ3n) is 3.14. The van der Waals surface area contributed by atoms with E-state index in [-0.39, 0.29) is 5.91 Å². The molecule has 17 heavy (non-hydrogen) atoms. The highest BCUT2D eigenvalue weighted by Gasteiger charge is 2.16. The number of rotatable bonds is 6. The van der Waals surface area contributed by atoms with Gasteiger partial charge in [0.2, 0.25) is 5.91 Å². The Morgan fingerprint density at radius 1 is 1.18 bits per heavy atom. The number of nitrogens with zero attached hydrogens (tertiary/aromatic N) is 3. The molecule has 6 nitrogen and oxygen atoms in total. The van der Waals surface area contributed by atoms with E-state index in [1.165, 1.54) is 0 Å². The average Bonchev–Trinajstić information content (AvgIpc) is 2.34. The molecule has 1 amide bonds. The van der Waals surface area contributed by atoms with Crippen LogP contribution in [0, 0.1) is 0 Å². The van der Waals surface area contributed by atoms with Crippen LogP contribution in [0.25, 0.3) is 0 Å². The van der Waals surface area contributed by atoms with Gasteiger partial charge in [-0.1, -0.05) is 0 Å². The molecular weight excluding hydrogens is 218 g/mol. The first kappa shape index (κ1) is 14.4. The Bertz CT molecular complexity index is 226. The molecule has 0 radical (unpaired) electrons. The Morgan fingerprint density at radius 2 is 1.71 bits per heavy atom. The maximum Gasteiger partial charge on any atom is 0.235 e. The molecule has 1 heterocycles. The number of nitrogens with two attached hydrogens (primary N) is 1. The molecule has 0 spiro atoms. The summed E-state index contributed by atoms with van der Waals surface area (Å²) in [6, 6.07) is 0. The monoisotopic (exact) mass is 243 g/mol. The number of hydrogen-bond acceptors (Lipinski definition) is 5. The van der Waals surface area contributed by atoms with Gasteiger partial charge >= 0.3 is 0 Å². The van der Waals surface area contributed by atoms with E-state index in [0.29, 0.717) is 6.42 Å². The Labute approximate surface area is 104 Å². The van der Waals surface area contributed by atoms with Gasteiger partial charge in [0.15, 0.2) is 0 Å². The highest BCUT2D eigenvalue weighted by molar-refractivity contribution is 5.75. The lowest BCUT2D eigenvalue weighted by atomic mass is 10.3. The second kappa shape index (κ2) is 7.60. The zero-order chi connectivity index (χ0) is 12.7. The van der Waals surface area contributed by atoms with E-state index in [1.807, 2.05) is 0 Å². The minimum Gasteiger partial charge on any atom is -0.308 e. The van der Waals surface area contributed by atoms with Crippen LogP contribution in [0.2, 0.25) is 0 Å². The van der Waals surface area contributed by atoms with E-state index >= 15 is 0 Å². The van der Waals surface area contributed by atoms with Crippen LogP contribution in [0.1, 0.15) is 6.42 Å². The predicted octanol–water partition coefficient (Wildman–Crippen LogP) is -1.45. The molecule has 1 saturated heterocycles. The molecule has 0 aromatic heterocycles. The first-order valence-corrected chi connectivity index (χ1v) is 6.20. The van der Waals surface area contributed by atoms with Crippen LogP contribution < -0.4 is 11.3 Å². The van der Waals surface area contributed by atoms with E-state index in [9.17, 15) is 4.79 Å². The van der Waals surface area contributed by atoms with Crippen molar-refractivity contribution in [2.45, 2.75) is 6.42 Å². The minimum absolute atomic E-state index is 0.0833. The number of amides is 1. The third-order valence-corrected chi connectivity index (χ3v) is 3.14. The number of piperazine rings is 1. The lowest BCUT2D eigenvalue weighted by molar-refractivity contribution is -0.121. The smallest absolute Gasteiger partial charge is 0.235 e. The SMILES string of the molecule is CN(C)CCN1CCN(CCC(=O)NN)CC1. The number of nitrogens with one attached hydrogen (secondary N) is 1. The van der Waals surface area contributed by atoms with Gasteiger partial charge in [0.05, 0.1) is 0 Å². The fourth-order valence-electron chi connectivity index (χ4n) is 1.91. The van der Waals surface area contributed by atoms with E-state index in [1.54, 1.807) is 0 Å². The van der Waals surface area contributed by atoms with Gasteiger partial charge in [-0.25, -0.2) is 5.84 Å². The third kappa shape index (κ3) is 5.97. The lowest BCUT2D eigenvalue weighted by Gasteiger charge is -2.35. The van der Waals surface area contributed by atoms with Gasteiger partial charge in [0.1, 0.15) is 0 Å². The first-order valence-electron chi connectivity index (χ1n) is 6.20. The van der Waals surface area contributed by atoms with Crippen molar-refractivity contribution in [3.63, 3.8) is 0 Å². The molecule has 100 valence electrons. The van der Waals surface area contributed by atoms with Crippen molar-refractivity contribution < 1.29 is 4.79 Å². The summed E-state index contributed by atoms with van der Waals surface area (Å²) in [4.78, 5) is 18.0. The molecule has 1 aliphatic heterocycles. The van der Waals surface area contributed by atoms with E-state index in [4.69, 9.17) is 5.84 Å². The Kier molecular flexibility index (Phi) is 6.43. The van der Waals surface area contributed by atoms with Crippen molar-refractivity contribution in [2.75, 3.05) is 59.9 Å². The molecule has 1 rings (SSSR count). The van der Waals surface area contributed by atoms with Crippen LogP contribution in [-0.4, -0.2) is 80.5 Å². The van der Waals surface area contributed by atoms with Crippen molar-refractivity contribution in [3.8, 4) is 0 Å². The maximum absolute atomic E-state index is 11.0. The number of carbonyl (C=O) groups is 1. The van der Waals surface area contributed by atoms with Gasteiger partial charge in [-0.3, -0.25) is 15.1 Å². The maximum atomic E-state index is 11.0. The molecule has 1 aliphatic rings. The molecular formula is C11H25N5O. The molecule has 0 bridgehead atoms. The number of hydrazine groups is 1. The highest BCUT2D eigenvalue weighted by Crippen LogP contribution is 2.02. The molecule has 1 fully saturated rings. The highest BCUT2D eigenvalue weighted by atomic mass is 16.2. The molecule has 6 heteroatoms. The largest absolute Gasteiger partial charge is 0.308 e. The Hall–Kier alpha value is -0.690. The van der Waals surface area contributed by atoms with Gasteiger partial charge < -0.3 is 9.80 Å². The van der Waals surface area contributed by atoms with Crippen molar-refractivity contribution >= 4 is 5.91 Å². The van der Waals surface area contributed by atoms with Gasteiger partial charge in [-0.05, 0) is 14.1 Å². The molecule has 0 unspecified atom stereocenters. The topological polar surface area (TPSA) is 64.8 Å². The van der Waals surface area contributed by atoms with E-state index in [0.717, 1.165) is 45.8 Å². The van der Waals surface area contributed by atoms with Crippen LogP contribution in [0.5, 0.6) is 0 Å². The summed E-state index contributed by atoms with van der Waals surface area (Å²) in [5.41, 5.74) is 2.16. The van der Waals surface area contributed by atoms with E-state index in [2.05, 4.69) is 34.2 Å². The fraction of sp³-hybridized carbons (Fsp3) is 0.909. The predicted molar refractivity (Wildman–Crippen MR) is 68.4 cm³/mol. The van der Waals surface area contributed by atoms with Gasteiger partial charge in [0.25, 0.3) is 0 Å². The minimum atomic E-state index is -0.0833. The van der Waals surface area contributed by atoms with Crippen molar-refractivity contribution in [3.05, 3.63) is 0 Å². The fourth-order valence-corrected chi connectivity index (χ4v) is 1.91. The van der Waals surface area contributed by atoms with Crippen LogP contribution in [0.4, 0.5) is 0 Å². The molecule has 0 aromatic rings. The molecule has 0 aliphatic carbocycles. The summed E-state index contributed by atoms with van der Waals surface area (Å²) in [7, 11) is 4.20. The van der Waals surface area contributed by atoms with Crippen molar-refractivity contribution in [2.24, 2.45) is 5.84 Å². The molecule has 3 N–H and O–H groups in total. The number of carbonyl (C=O) groups excluding carboxylic acids is 1. The Morgan fingerprint density at radius 3 is 2.18 bits per heavy atom. The van der Waals surface area contributed by atoms with Crippen LogP contribution in [0.3, 0.4) is 0 Å². The quantitative estimate of drug-likeness (QED) is 0.339. The number of hydrogen-bond donors (Lipinski definition) is 2. The van der Waals surface area contributed by atoms with Crippen molar-refractivity contribution in [1.29, 1.82) is 0 Å².